The molecule has 10 heteroatoms. The Morgan fingerprint density at radius 3 is 1.66 bits per heavy atom. The van der Waals surface area contributed by atoms with Gasteiger partial charge in [-0.2, -0.15) is 10.2 Å². The molecule has 0 saturated heterocycles. The van der Waals surface area contributed by atoms with Gasteiger partial charge in [-0.15, -0.1) is 0 Å². The summed E-state index contributed by atoms with van der Waals surface area (Å²) in [6.45, 7) is 0. The van der Waals surface area contributed by atoms with Crippen LogP contribution in [-0.4, -0.2) is 39.2 Å². The molecule has 5 aromatic heterocycles. The molecule has 32 heavy (non-hydrogen) atoms. The van der Waals surface area contributed by atoms with Gasteiger partial charge < -0.3 is 0 Å². The predicted molar refractivity (Wildman–Crippen MR) is 122 cm³/mol. The van der Waals surface area contributed by atoms with Gasteiger partial charge in [0.05, 0.1) is 23.8 Å². The summed E-state index contributed by atoms with van der Waals surface area (Å²) < 4.78 is 3.42. The lowest BCUT2D eigenvalue weighted by molar-refractivity contribution is 0.940. The lowest BCUT2D eigenvalue weighted by atomic mass is 10.2. The van der Waals surface area contributed by atoms with Gasteiger partial charge in [-0.05, 0) is 24.3 Å². The summed E-state index contributed by atoms with van der Waals surface area (Å²) in [5.74, 6) is 0. The highest BCUT2D eigenvalue weighted by Crippen LogP contribution is 2.20. The quantitative estimate of drug-likeness (QED) is 0.365. The molecule has 1 aromatic carbocycles. The second-order valence-corrected chi connectivity index (χ2v) is 7.41. The van der Waals surface area contributed by atoms with E-state index in [4.69, 9.17) is 23.2 Å². The van der Waals surface area contributed by atoms with E-state index >= 15 is 0 Å². The number of hydrogen-bond acceptors (Lipinski definition) is 6. The van der Waals surface area contributed by atoms with E-state index in [9.17, 15) is 0 Å². The Morgan fingerprint density at radius 2 is 1.09 bits per heavy atom. The number of rotatable bonds is 2. The second-order valence-electron chi connectivity index (χ2n) is 6.63. The first-order valence-corrected chi connectivity index (χ1v) is 10.3. The molecule has 0 fully saturated rings. The SMILES string of the molecule is Clc1ccc2ncc(-c3ccccc3)n2n1.Clc1ccc2ncc(-c3cncnc3)n2n1. The van der Waals surface area contributed by atoms with Crippen LogP contribution in [0.4, 0.5) is 0 Å². The molecule has 0 aliphatic carbocycles. The van der Waals surface area contributed by atoms with Crippen LogP contribution in [-0.2, 0) is 0 Å². The number of fused-ring (bicyclic) bond motifs is 2. The van der Waals surface area contributed by atoms with Crippen molar-refractivity contribution in [1.82, 2.24) is 39.2 Å². The topological polar surface area (TPSA) is 86.2 Å². The minimum absolute atomic E-state index is 0.420. The third-order valence-corrected chi connectivity index (χ3v) is 4.99. The zero-order valence-corrected chi connectivity index (χ0v) is 17.9. The minimum atomic E-state index is 0.420. The third-order valence-electron chi connectivity index (χ3n) is 4.59. The molecule has 0 radical (unpaired) electrons. The van der Waals surface area contributed by atoms with Crippen molar-refractivity contribution in [2.24, 2.45) is 0 Å². The van der Waals surface area contributed by atoms with Crippen molar-refractivity contribution in [3.63, 3.8) is 0 Å². The summed E-state index contributed by atoms with van der Waals surface area (Å²) in [5.41, 5.74) is 5.22. The van der Waals surface area contributed by atoms with E-state index in [0.29, 0.717) is 10.3 Å². The van der Waals surface area contributed by atoms with Crippen molar-refractivity contribution in [3.05, 3.63) is 96.0 Å². The fraction of sp³-hybridized carbons (Fsp3) is 0. The molecular weight excluding hydrogens is 447 g/mol. The molecule has 5 heterocycles. The van der Waals surface area contributed by atoms with E-state index in [-0.39, 0.29) is 0 Å². The van der Waals surface area contributed by atoms with E-state index in [0.717, 1.165) is 33.8 Å². The summed E-state index contributed by atoms with van der Waals surface area (Å²) in [5, 5.41) is 9.29. The number of halogens is 2. The van der Waals surface area contributed by atoms with Crippen LogP contribution in [0, 0.1) is 0 Å². The van der Waals surface area contributed by atoms with Crippen LogP contribution in [0.5, 0.6) is 0 Å². The lowest BCUT2D eigenvalue weighted by Gasteiger charge is -2.00. The molecule has 0 aliphatic rings. The zero-order valence-electron chi connectivity index (χ0n) is 16.4. The molecule has 156 valence electrons. The minimum Gasteiger partial charge on any atom is -0.244 e. The number of nitrogens with zero attached hydrogens (tertiary/aromatic N) is 8. The van der Waals surface area contributed by atoms with Gasteiger partial charge in [0, 0.05) is 23.5 Å². The Hall–Kier alpha value is -3.88. The highest BCUT2D eigenvalue weighted by atomic mass is 35.5. The number of aromatic nitrogens is 8. The van der Waals surface area contributed by atoms with Gasteiger partial charge in [0.2, 0.25) is 0 Å². The molecular formula is C22H14Cl2N8. The Morgan fingerprint density at radius 1 is 0.562 bits per heavy atom. The lowest BCUT2D eigenvalue weighted by Crippen LogP contribution is -1.94. The molecule has 0 amide bonds. The summed E-state index contributed by atoms with van der Waals surface area (Å²) in [7, 11) is 0. The Kier molecular flexibility index (Phi) is 5.45. The maximum atomic E-state index is 5.88. The molecule has 0 saturated carbocycles. The monoisotopic (exact) mass is 460 g/mol. The zero-order chi connectivity index (χ0) is 21.9. The van der Waals surface area contributed by atoms with Crippen LogP contribution >= 0.6 is 23.2 Å². The Bertz CT molecular complexity index is 1380. The first-order chi connectivity index (χ1) is 15.7. The van der Waals surface area contributed by atoms with Gasteiger partial charge >= 0.3 is 0 Å². The van der Waals surface area contributed by atoms with E-state index in [1.807, 2.05) is 42.5 Å². The van der Waals surface area contributed by atoms with Crippen molar-refractivity contribution in [1.29, 1.82) is 0 Å². The van der Waals surface area contributed by atoms with Crippen molar-refractivity contribution in [3.8, 4) is 22.5 Å². The molecule has 0 aliphatic heterocycles. The Labute approximate surface area is 192 Å². The summed E-state index contributed by atoms with van der Waals surface area (Å²) in [4.78, 5) is 16.4. The maximum absolute atomic E-state index is 5.88. The molecule has 0 bridgehead atoms. The van der Waals surface area contributed by atoms with E-state index < -0.39 is 0 Å². The molecule has 0 N–H and O–H groups in total. The summed E-state index contributed by atoms with van der Waals surface area (Å²) in [6.07, 6.45) is 8.41. The van der Waals surface area contributed by atoms with Crippen LogP contribution in [0.2, 0.25) is 10.3 Å². The second kappa shape index (κ2) is 8.70. The number of imidazole rings is 2. The maximum Gasteiger partial charge on any atom is 0.154 e. The highest BCUT2D eigenvalue weighted by molar-refractivity contribution is 6.29. The molecule has 0 atom stereocenters. The molecule has 0 spiro atoms. The fourth-order valence-electron chi connectivity index (χ4n) is 3.14. The van der Waals surface area contributed by atoms with Gasteiger partial charge in [-0.1, -0.05) is 53.5 Å². The van der Waals surface area contributed by atoms with Gasteiger partial charge in [0.25, 0.3) is 0 Å². The van der Waals surface area contributed by atoms with Crippen LogP contribution < -0.4 is 0 Å². The van der Waals surface area contributed by atoms with Crippen LogP contribution in [0.3, 0.4) is 0 Å². The van der Waals surface area contributed by atoms with Crippen LogP contribution in [0.25, 0.3) is 33.8 Å². The highest BCUT2D eigenvalue weighted by Gasteiger charge is 2.08. The first-order valence-electron chi connectivity index (χ1n) is 9.50. The Balaban J connectivity index is 0.000000135. The normalized spacial score (nSPS) is 10.8. The molecule has 8 nitrogen and oxygen atoms in total. The van der Waals surface area contributed by atoms with Crippen molar-refractivity contribution in [2.45, 2.75) is 0 Å². The van der Waals surface area contributed by atoms with E-state index in [2.05, 4.69) is 30.1 Å². The average molecular weight is 461 g/mol. The van der Waals surface area contributed by atoms with Crippen molar-refractivity contribution < 1.29 is 0 Å². The summed E-state index contributed by atoms with van der Waals surface area (Å²) in [6, 6.07) is 17.1. The number of benzene rings is 1. The average Bonchev–Trinajstić information content (AvgIpc) is 3.44. The van der Waals surface area contributed by atoms with E-state index in [1.54, 1.807) is 46.0 Å². The predicted octanol–water partition coefficient (Wildman–Crippen LogP) is 4.89. The van der Waals surface area contributed by atoms with E-state index in [1.165, 1.54) is 6.33 Å². The van der Waals surface area contributed by atoms with Crippen molar-refractivity contribution >= 4 is 34.5 Å². The fourth-order valence-corrected chi connectivity index (χ4v) is 3.41. The molecule has 6 rings (SSSR count). The van der Waals surface area contributed by atoms with Gasteiger partial charge in [0.1, 0.15) is 16.6 Å². The van der Waals surface area contributed by atoms with Gasteiger partial charge in [-0.25, -0.2) is 29.0 Å². The number of hydrogen-bond donors (Lipinski definition) is 0. The third kappa shape index (κ3) is 4.01. The summed E-state index contributed by atoms with van der Waals surface area (Å²) >= 11 is 11.7. The van der Waals surface area contributed by atoms with Crippen LogP contribution in [0.15, 0.2) is 85.7 Å². The first kappa shape index (κ1) is 20.0. The van der Waals surface area contributed by atoms with Gasteiger partial charge in [-0.3, -0.25) is 0 Å². The standard InChI is InChI=1S/C12H8ClN3.C10H6ClN5/c13-11-6-7-12-14-8-10(16(12)15-11)9-4-2-1-3-5-9;11-9-1-2-10-14-5-8(16(10)15-9)7-3-12-6-13-4-7/h1-8H;1-6H. The largest absolute Gasteiger partial charge is 0.244 e. The van der Waals surface area contributed by atoms with Crippen molar-refractivity contribution in [2.75, 3.05) is 0 Å². The smallest absolute Gasteiger partial charge is 0.154 e. The van der Waals surface area contributed by atoms with Gasteiger partial charge in [0.15, 0.2) is 11.3 Å². The molecule has 6 aromatic rings. The van der Waals surface area contributed by atoms with Crippen LogP contribution in [0.1, 0.15) is 0 Å². The molecule has 0 unspecified atom stereocenters.